The van der Waals surface area contributed by atoms with Gasteiger partial charge in [-0.2, -0.15) is 0 Å². The number of esters is 1. The Hall–Kier alpha value is -1.98. The molecule has 0 bridgehead atoms. The molecule has 0 aromatic heterocycles. The summed E-state index contributed by atoms with van der Waals surface area (Å²) in [7, 11) is 0. The Morgan fingerprint density at radius 3 is 2.75 bits per heavy atom. The summed E-state index contributed by atoms with van der Waals surface area (Å²) >= 11 is 0. The van der Waals surface area contributed by atoms with Gasteiger partial charge in [0.05, 0.1) is 13.0 Å². The van der Waals surface area contributed by atoms with Gasteiger partial charge in [-0.25, -0.2) is 8.78 Å². The van der Waals surface area contributed by atoms with Crippen LogP contribution in [0.25, 0.3) is 0 Å². The van der Waals surface area contributed by atoms with Crippen LogP contribution in [0.5, 0.6) is 0 Å². The first-order valence-corrected chi connectivity index (χ1v) is 6.39. The predicted octanol–water partition coefficient (Wildman–Crippen LogP) is 1.97. The number of halogens is 2. The van der Waals surface area contributed by atoms with Crippen molar-refractivity contribution < 1.29 is 23.1 Å². The average molecular weight is 285 g/mol. The van der Waals surface area contributed by atoms with Crippen molar-refractivity contribution in [2.75, 3.05) is 13.2 Å². The minimum Gasteiger partial charge on any atom is -0.466 e. The molecule has 1 aromatic rings. The second kappa shape index (κ2) is 8.24. The Bertz CT molecular complexity index is 477. The third-order valence-corrected chi connectivity index (χ3v) is 2.57. The van der Waals surface area contributed by atoms with Crippen molar-refractivity contribution in [2.45, 2.75) is 26.2 Å². The van der Waals surface area contributed by atoms with Crippen molar-refractivity contribution in [3.05, 3.63) is 35.4 Å². The fourth-order valence-electron chi connectivity index (χ4n) is 1.61. The van der Waals surface area contributed by atoms with Crippen LogP contribution in [-0.4, -0.2) is 25.0 Å². The second-order valence-corrected chi connectivity index (χ2v) is 4.15. The molecule has 0 atom stereocenters. The Morgan fingerprint density at radius 1 is 1.30 bits per heavy atom. The molecule has 0 radical (unpaired) electrons. The Morgan fingerprint density at radius 2 is 2.05 bits per heavy atom. The van der Waals surface area contributed by atoms with Gasteiger partial charge in [0.25, 0.3) is 0 Å². The highest BCUT2D eigenvalue weighted by Crippen LogP contribution is 2.11. The van der Waals surface area contributed by atoms with Crippen molar-refractivity contribution in [2.24, 2.45) is 0 Å². The highest BCUT2D eigenvalue weighted by molar-refractivity contribution is 5.78. The van der Waals surface area contributed by atoms with Crippen LogP contribution in [0.1, 0.15) is 25.3 Å². The number of rotatable bonds is 7. The minimum absolute atomic E-state index is 0.00731. The van der Waals surface area contributed by atoms with Crippen LogP contribution in [-0.2, 0) is 20.7 Å². The van der Waals surface area contributed by atoms with Gasteiger partial charge in [0.2, 0.25) is 5.91 Å². The number of carbonyl (C=O) groups is 2. The molecule has 0 fully saturated rings. The molecule has 110 valence electrons. The van der Waals surface area contributed by atoms with Crippen LogP contribution in [0, 0.1) is 11.6 Å². The molecule has 0 aliphatic rings. The second-order valence-electron chi connectivity index (χ2n) is 4.15. The maximum Gasteiger partial charge on any atom is 0.305 e. The van der Waals surface area contributed by atoms with E-state index in [4.69, 9.17) is 4.74 Å². The number of amides is 1. The SMILES string of the molecule is CCOC(=O)CCCNC(=O)Cc1cccc(F)c1F. The maximum absolute atomic E-state index is 13.3. The molecule has 1 rings (SSSR count). The molecule has 0 aliphatic carbocycles. The van der Waals surface area contributed by atoms with E-state index in [1.54, 1.807) is 6.92 Å². The first-order valence-electron chi connectivity index (χ1n) is 6.39. The van der Waals surface area contributed by atoms with Gasteiger partial charge in [-0.15, -0.1) is 0 Å². The van der Waals surface area contributed by atoms with Gasteiger partial charge >= 0.3 is 5.97 Å². The third-order valence-electron chi connectivity index (χ3n) is 2.57. The highest BCUT2D eigenvalue weighted by Gasteiger charge is 2.11. The first-order chi connectivity index (χ1) is 9.54. The van der Waals surface area contributed by atoms with E-state index in [0.717, 1.165) is 6.07 Å². The molecule has 1 aromatic carbocycles. The molecule has 20 heavy (non-hydrogen) atoms. The minimum atomic E-state index is -1.01. The summed E-state index contributed by atoms with van der Waals surface area (Å²) in [5.74, 6) is -2.72. The molecule has 0 saturated heterocycles. The van der Waals surface area contributed by atoms with Gasteiger partial charge in [0.1, 0.15) is 0 Å². The molecule has 0 saturated carbocycles. The standard InChI is InChI=1S/C14H17F2NO3/c1-2-20-13(19)7-4-8-17-12(18)9-10-5-3-6-11(15)14(10)16/h3,5-6H,2,4,7-9H2,1H3,(H,17,18). The monoisotopic (exact) mass is 285 g/mol. The van der Waals surface area contributed by atoms with Gasteiger partial charge in [0.15, 0.2) is 11.6 Å². The lowest BCUT2D eigenvalue weighted by Crippen LogP contribution is -2.27. The van der Waals surface area contributed by atoms with Gasteiger partial charge in [0, 0.05) is 18.5 Å². The number of hydrogen-bond acceptors (Lipinski definition) is 3. The summed E-state index contributed by atoms with van der Waals surface area (Å²) < 4.78 is 31.0. The lowest BCUT2D eigenvalue weighted by Gasteiger charge is -2.06. The molecule has 0 unspecified atom stereocenters. The molecule has 4 nitrogen and oxygen atoms in total. The summed E-state index contributed by atoms with van der Waals surface area (Å²) in [5, 5.41) is 2.54. The van der Waals surface area contributed by atoms with Crippen molar-refractivity contribution in [1.29, 1.82) is 0 Å². The molecule has 0 heterocycles. The van der Waals surface area contributed by atoms with Crippen LogP contribution >= 0.6 is 0 Å². The van der Waals surface area contributed by atoms with Gasteiger partial charge in [-0.1, -0.05) is 12.1 Å². The topological polar surface area (TPSA) is 55.4 Å². The number of ether oxygens (including phenoxy) is 1. The number of nitrogens with one attached hydrogen (secondary N) is 1. The molecular weight excluding hydrogens is 268 g/mol. The highest BCUT2D eigenvalue weighted by atomic mass is 19.2. The predicted molar refractivity (Wildman–Crippen MR) is 68.9 cm³/mol. The van der Waals surface area contributed by atoms with Gasteiger partial charge < -0.3 is 10.1 Å². The van der Waals surface area contributed by atoms with Crippen molar-refractivity contribution >= 4 is 11.9 Å². The lowest BCUT2D eigenvalue weighted by atomic mass is 10.1. The van der Waals surface area contributed by atoms with Crippen LogP contribution < -0.4 is 5.32 Å². The molecule has 1 N–H and O–H groups in total. The molecule has 6 heteroatoms. The van der Waals surface area contributed by atoms with E-state index in [9.17, 15) is 18.4 Å². The normalized spacial score (nSPS) is 10.2. The Kier molecular flexibility index (Phi) is 6.63. The third kappa shape index (κ3) is 5.34. The van der Waals surface area contributed by atoms with E-state index >= 15 is 0 Å². The number of hydrogen-bond donors (Lipinski definition) is 1. The van der Waals surface area contributed by atoms with E-state index in [1.165, 1.54) is 12.1 Å². The Balaban J connectivity index is 2.30. The van der Waals surface area contributed by atoms with Crippen molar-refractivity contribution in [3.8, 4) is 0 Å². The Labute approximate surface area is 116 Å². The van der Waals surface area contributed by atoms with E-state index in [1.807, 2.05) is 0 Å². The molecular formula is C14H17F2NO3. The molecule has 0 aliphatic heterocycles. The van der Waals surface area contributed by atoms with E-state index in [2.05, 4.69) is 5.32 Å². The largest absolute Gasteiger partial charge is 0.466 e. The van der Waals surface area contributed by atoms with Crippen LogP contribution in [0.3, 0.4) is 0 Å². The first kappa shape index (κ1) is 16.1. The van der Waals surface area contributed by atoms with E-state index in [0.29, 0.717) is 13.0 Å². The van der Waals surface area contributed by atoms with Crippen LogP contribution in [0.4, 0.5) is 8.78 Å². The van der Waals surface area contributed by atoms with Crippen LogP contribution in [0.15, 0.2) is 18.2 Å². The molecule has 1 amide bonds. The molecule has 0 spiro atoms. The zero-order chi connectivity index (χ0) is 15.0. The summed E-state index contributed by atoms with van der Waals surface area (Å²) in [6.07, 6.45) is 0.418. The van der Waals surface area contributed by atoms with Gasteiger partial charge in [-0.05, 0) is 19.4 Å². The average Bonchev–Trinajstić information content (AvgIpc) is 2.40. The van der Waals surface area contributed by atoms with E-state index < -0.39 is 17.5 Å². The van der Waals surface area contributed by atoms with Crippen molar-refractivity contribution in [3.63, 3.8) is 0 Å². The summed E-state index contributed by atoms with van der Waals surface area (Å²) in [6.45, 7) is 2.33. The zero-order valence-corrected chi connectivity index (χ0v) is 11.2. The van der Waals surface area contributed by atoms with E-state index in [-0.39, 0.29) is 30.9 Å². The zero-order valence-electron chi connectivity index (χ0n) is 11.2. The fraction of sp³-hybridized carbons (Fsp3) is 0.429. The quantitative estimate of drug-likeness (QED) is 0.615. The van der Waals surface area contributed by atoms with Gasteiger partial charge in [-0.3, -0.25) is 9.59 Å². The summed E-state index contributed by atoms with van der Waals surface area (Å²) in [4.78, 5) is 22.6. The number of benzene rings is 1. The smallest absolute Gasteiger partial charge is 0.305 e. The van der Waals surface area contributed by atoms with Crippen molar-refractivity contribution in [1.82, 2.24) is 5.32 Å². The summed E-state index contributed by atoms with van der Waals surface area (Å²) in [6, 6.07) is 3.70. The fourth-order valence-corrected chi connectivity index (χ4v) is 1.61. The van der Waals surface area contributed by atoms with Crippen LogP contribution in [0.2, 0.25) is 0 Å². The summed E-state index contributed by atoms with van der Waals surface area (Å²) in [5.41, 5.74) is 0.00731. The lowest BCUT2D eigenvalue weighted by molar-refractivity contribution is -0.143. The number of carbonyl (C=O) groups excluding carboxylic acids is 2. The maximum atomic E-state index is 13.3.